The zero-order chi connectivity index (χ0) is 12.5. The highest BCUT2D eigenvalue weighted by Crippen LogP contribution is 2.25. The molecule has 0 aliphatic carbocycles. The molecule has 0 bridgehead atoms. The van der Waals surface area contributed by atoms with E-state index >= 15 is 0 Å². The van der Waals surface area contributed by atoms with Crippen LogP contribution in [0.5, 0.6) is 0 Å². The molecule has 17 heavy (non-hydrogen) atoms. The van der Waals surface area contributed by atoms with Crippen LogP contribution in [0, 0.1) is 0 Å². The molecule has 0 saturated carbocycles. The molecule has 0 spiro atoms. The second-order valence-corrected chi connectivity index (χ2v) is 5.72. The summed E-state index contributed by atoms with van der Waals surface area (Å²) in [7, 11) is 6.06. The van der Waals surface area contributed by atoms with Gasteiger partial charge in [-0.15, -0.1) is 0 Å². The van der Waals surface area contributed by atoms with Gasteiger partial charge in [-0.3, -0.25) is 0 Å². The van der Waals surface area contributed by atoms with E-state index in [0.717, 1.165) is 10.0 Å². The van der Waals surface area contributed by atoms with Crippen LogP contribution >= 0.6 is 15.9 Å². The Morgan fingerprint density at radius 1 is 0.824 bits per heavy atom. The maximum Gasteiger partial charge on any atom is 0.0802 e. The third-order valence-corrected chi connectivity index (χ3v) is 3.34. The van der Waals surface area contributed by atoms with E-state index in [4.69, 9.17) is 7.85 Å². The first-order valence-corrected chi connectivity index (χ1v) is 6.41. The first kappa shape index (κ1) is 12.4. The summed E-state index contributed by atoms with van der Waals surface area (Å²) in [6, 6.07) is 16.7. The lowest BCUT2D eigenvalue weighted by molar-refractivity contribution is 0.764. The smallest absolute Gasteiger partial charge is 0.0639 e. The molecule has 0 amide bonds. The Morgan fingerprint density at radius 3 is 1.65 bits per heavy atom. The maximum absolute atomic E-state index is 6.06. The highest BCUT2D eigenvalue weighted by Gasteiger charge is 2.12. The van der Waals surface area contributed by atoms with Crippen molar-refractivity contribution in [1.29, 1.82) is 0 Å². The lowest BCUT2D eigenvalue weighted by Crippen LogP contribution is -2.16. The minimum Gasteiger partial charge on any atom is -0.0639 e. The predicted molar refractivity (Wildman–Crippen MR) is 78.4 cm³/mol. The Kier molecular flexibility index (Phi) is 3.44. The van der Waals surface area contributed by atoms with E-state index in [1.165, 1.54) is 11.1 Å². The molecule has 0 aromatic heterocycles. The van der Waals surface area contributed by atoms with Crippen molar-refractivity contribution in [2.75, 3.05) is 0 Å². The molecule has 0 aliphatic heterocycles. The summed E-state index contributed by atoms with van der Waals surface area (Å²) < 4.78 is 1.10. The first-order chi connectivity index (χ1) is 7.97. The SMILES string of the molecule is [B]C(C)(C)c1ccc(-c2ccc(Br)cc2)cc1. The normalized spacial score (nSPS) is 11.5. The molecular formula is C15H14BBr. The Morgan fingerprint density at radius 2 is 1.24 bits per heavy atom. The zero-order valence-electron chi connectivity index (χ0n) is 10.1. The van der Waals surface area contributed by atoms with Crippen LogP contribution in [0.4, 0.5) is 0 Å². The van der Waals surface area contributed by atoms with Gasteiger partial charge in [-0.1, -0.05) is 71.7 Å². The van der Waals surface area contributed by atoms with Gasteiger partial charge in [0.2, 0.25) is 0 Å². The molecule has 0 saturated heterocycles. The third-order valence-electron chi connectivity index (χ3n) is 2.81. The van der Waals surface area contributed by atoms with Gasteiger partial charge in [0.05, 0.1) is 7.85 Å². The van der Waals surface area contributed by atoms with Gasteiger partial charge >= 0.3 is 0 Å². The van der Waals surface area contributed by atoms with Gasteiger partial charge in [0, 0.05) is 4.47 Å². The van der Waals surface area contributed by atoms with Crippen LogP contribution in [0.15, 0.2) is 53.0 Å². The fourth-order valence-electron chi connectivity index (χ4n) is 1.73. The summed E-state index contributed by atoms with van der Waals surface area (Å²) in [5, 5.41) is -0.280. The number of hydrogen-bond acceptors (Lipinski definition) is 0. The predicted octanol–water partition coefficient (Wildman–Crippen LogP) is 4.52. The Balaban J connectivity index is 2.33. The van der Waals surface area contributed by atoms with Crippen LogP contribution in [0.1, 0.15) is 19.4 Å². The standard InChI is InChI=1S/C15H14BBr/c1-15(2,16)13-7-3-11(4-8-13)12-5-9-14(17)10-6-12/h3-10H,1-2H3. The zero-order valence-corrected chi connectivity index (χ0v) is 11.7. The molecule has 0 atom stereocenters. The number of halogens is 1. The van der Waals surface area contributed by atoms with E-state index in [0.29, 0.717) is 0 Å². The fraction of sp³-hybridized carbons (Fsp3) is 0.200. The van der Waals surface area contributed by atoms with E-state index in [2.05, 4.69) is 64.5 Å². The van der Waals surface area contributed by atoms with E-state index in [9.17, 15) is 0 Å². The second kappa shape index (κ2) is 4.69. The van der Waals surface area contributed by atoms with E-state index in [-0.39, 0.29) is 5.31 Å². The molecule has 0 aliphatic rings. The summed E-state index contributed by atoms with van der Waals surface area (Å²) >= 11 is 3.44. The minimum atomic E-state index is -0.280. The van der Waals surface area contributed by atoms with Crippen molar-refractivity contribution in [1.82, 2.24) is 0 Å². The quantitative estimate of drug-likeness (QED) is 0.712. The number of benzene rings is 2. The minimum absolute atomic E-state index is 0.280. The molecule has 0 fully saturated rings. The van der Waals surface area contributed by atoms with E-state index in [1.54, 1.807) is 0 Å². The average Bonchev–Trinajstić information content (AvgIpc) is 2.29. The average molecular weight is 285 g/mol. The van der Waals surface area contributed by atoms with Gasteiger partial charge in [0.1, 0.15) is 0 Å². The van der Waals surface area contributed by atoms with Crippen LogP contribution in [0.2, 0.25) is 0 Å². The molecule has 2 radical (unpaired) electrons. The molecule has 2 aromatic carbocycles. The van der Waals surface area contributed by atoms with E-state index < -0.39 is 0 Å². The van der Waals surface area contributed by atoms with Crippen molar-refractivity contribution in [3.05, 3.63) is 58.6 Å². The monoisotopic (exact) mass is 284 g/mol. The second-order valence-electron chi connectivity index (χ2n) is 4.81. The molecule has 2 heteroatoms. The Hall–Kier alpha value is -1.02. The topological polar surface area (TPSA) is 0 Å². The Bertz CT molecular complexity index is 492. The summed E-state index contributed by atoms with van der Waals surface area (Å²) in [5.41, 5.74) is 3.58. The van der Waals surface area contributed by atoms with Crippen molar-refractivity contribution in [3.63, 3.8) is 0 Å². The van der Waals surface area contributed by atoms with Crippen molar-refractivity contribution in [2.45, 2.75) is 19.2 Å². The largest absolute Gasteiger partial charge is 0.0802 e. The van der Waals surface area contributed by atoms with Gasteiger partial charge in [-0.05, 0) is 28.6 Å². The van der Waals surface area contributed by atoms with Crippen molar-refractivity contribution < 1.29 is 0 Å². The van der Waals surface area contributed by atoms with Gasteiger partial charge in [0.15, 0.2) is 0 Å². The summed E-state index contributed by atoms with van der Waals surface area (Å²) in [5.74, 6) is 0. The van der Waals surface area contributed by atoms with Crippen molar-refractivity contribution in [2.24, 2.45) is 0 Å². The van der Waals surface area contributed by atoms with Gasteiger partial charge < -0.3 is 0 Å². The van der Waals surface area contributed by atoms with Crippen LogP contribution in [-0.2, 0) is 5.31 Å². The van der Waals surface area contributed by atoms with Gasteiger partial charge in [-0.25, -0.2) is 0 Å². The lowest BCUT2D eigenvalue weighted by Gasteiger charge is -2.19. The lowest BCUT2D eigenvalue weighted by atomic mass is 9.67. The molecule has 2 rings (SSSR count). The van der Waals surface area contributed by atoms with Crippen LogP contribution in [0.25, 0.3) is 11.1 Å². The van der Waals surface area contributed by atoms with Crippen LogP contribution in [-0.4, -0.2) is 7.85 Å². The molecule has 0 nitrogen and oxygen atoms in total. The molecule has 0 N–H and O–H groups in total. The third kappa shape index (κ3) is 3.01. The molecule has 0 unspecified atom stereocenters. The first-order valence-electron chi connectivity index (χ1n) is 5.62. The molecule has 2 aromatic rings. The highest BCUT2D eigenvalue weighted by atomic mass is 79.9. The van der Waals surface area contributed by atoms with Gasteiger partial charge in [0.25, 0.3) is 0 Å². The summed E-state index contributed by atoms with van der Waals surface area (Å²) in [6.45, 7) is 4.03. The van der Waals surface area contributed by atoms with Gasteiger partial charge in [-0.2, -0.15) is 0 Å². The number of hydrogen-bond donors (Lipinski definition) is 0. The highest BCUT2D eigenvalue weighted by molar-refractivity contribution is 9.10. The van der Waals surface area contributed by atoms with Crippen molar-refractivity contribution >= 4 is 23.8 Å². The molecular weight excluding hydrogens is 271 g/mol. The van der Waals surface area contributed by atoms with Crippen molar-refractivity contribution in [3.8, 4) is 11.1 Å². The van der Waals surface area contributed by atoms with Crippen LogP contribution in [0.3, 0.4) is 0 Å². The molecule has 0 heterocycles. The fourth-order valence-corrected chi connectivity index (χ4v) is 2.00. The summed E-state index contributed by atoms with van der Waals surface area (Å²) in [4.78, 5) is 0. The van der Waals surface area contributed by atoms with Crippen LogP contribution < -0.4 is 0 Å². The van der Waals surface area contributed by atoms with E-state index in [1.807, 2.05) is 13.8 Å². The Labute approximate surface area is 113 Å². The number of rotatable bonds is 2. The summed E-state index contributed by atoms with van der Waals surface area (Å²) in [6.07, 6.45) is 0. The molecule has 84 valence electrons. The maximum atomic E-state index is 6.06.